The number of aromatic nitrogens is 2. The van der Waals surface area contributed by atoms with E-state index in [4.69, 9.17) is 0 Å². The second-order valence-electron chi connectivity index (χ2n) is 6.33. The Morgan fingerprint density at radius 1 is 1.31 bits per heavy atom. The van der Waals surface area contributed by atoms with Crippen LogP contribution >= 0.6 is 0 Å². The molecular formula is C19H21FN4O2. The van der Waals surface area contributed by atoms with E-state index in [0.29, 0.717) is 30.2 Å². The maximum Gasteiger partial charge on any atom is 0.227 e. The topological polar surface area (TPSA) is 75.2 Å². The minimum Gasteiger partial charge on any atom is -0.351 e. The first kappa shape index (κ1) is 18.0. The van der Waals surface area contributed by atoms with Crippen molar-refractivity contribution >= 4 is 11.8 Å². The molecule has 6 nitrogen and oxygen atoms in total. The molecule has 2 aromatic rings. The van der Waals surface area contributed by atoms with Crippen molar-refractivity contribution < 1.29 is 14.0 Å². The maximum atomic E-state index is 13.8. The number of halogens is 1. The van der Waals surface area contributed by atoms with Crippen LogP contribution in [0.4, 0.5) is 4.39 Å². The minimum absolute atomic E-state index is 0.0226. The molecule has 2 heterocycles. The van der Waals surface area contributed by atoms with Crippen LogP contribution in [0.1, 0.15) is 42.9 Å². The van der Waals surface area contributed by atoms with Gasteiger partial charge >= 0.3 is 0 Å². The van der Waals surface area contributed by atoms with Crippen LogP contribution in [-0.4, -0.2) is 33.2 Å². The SMILES string of the molecule is CC(=O)NCc1ccnc([C@@H]2CCCN2C(=O)Cc2ccccc2F)n1. The van der Waals surface area contributed by atoms with E-state index < -0.39 is 0 Å². The molecule has 1 aliphatic heterocycles. The van der Waals surface area contributed by atoms with Crippen LogP contribution < -0.4 is 5.32 Å². The van der Waals surface area contributed by atoms with Gasteiger partial charge < -0.3 is 10.2 Å². The monoisotopic (exact) mass is 356 g/mol. The molecule has 1 atom stereocenters. The summed E-state index contributed by atoms with van der Waals surface area (Å²) in [5, 5.41) is 2.70. The van der Waals surface area contributed by atoms with Gasteiger partial charge in [-0.3, -0.25) is 9.59 Å². The van der Waals surface area contributed by atoms with Gasteiger partial charge in [0.25, 0.3) is 0 Å². The highest BCUT2D eigenvalue weighted by Gasteiger charge is 2.32. The molecule has 1 aliphatic rings. The van der Waals surface area contributed by atoms with E-state index in [0.717, 1.165) is 12.8 Å². The maximum absolute atomic E-state index is 13.8. The van der Waals surface area contributed by atoms with Gasteiger partial charge in [0.2, 0.25) is 11.8 Å². The Kier molecular flexibility index (Phi) is 5.55. The fourth-order valence-corrected chi connectivity index (χ4v) is 3.13. The van der Waals surface area contributed by atoms with Crippen LogP contribution in [0, 0.1) is 5.82 Å². The molecular weight excluding hydrogens is 335 g/mol. The average molecular weight is 356 g/mol. The van der Waals surface area contributed by atoms with Gasteiger partial charge in [-0.15, -0.1) is 0 Å². The summed E-state index contributed by atoms with van der Waals surface area (Å²) >= 11 is 0. The van der Waals surface area contributed by atoms with Crippen molar-refractivity contribution in [2.75, 3.05) is 6.54 Å². The van der Waals surface area contributed by atoms with Gasteiger partial charge in [-0.1, -0.05) is 18.2 Å². The average Bonchev–Trinajstić information content (AvgIpc) is 3.12. The normalized spacial score (nSPS) is 16.5. The number of hydrogen-bond donors (Lipinski definition) is 1. The number of amides is 2. The Labute approximate surface area is 151 Å². The lowest BCUT2D eigenvalue weighted by atomic mass is 10.1. The van der Waals surface area contributed by atoms with E-state index >= 15 is 0 Å². The molecule has 26 heavy (non-hydrogen) atoms. The van der Waals surface area contributed by atoms with Crippen molar-refractivity contribution in [2.45, 2.75) is 38.8 Å². The first-order valence-electron chi connectivity index (χ1n) is 8.63. The number of hydrogen-bond acceptors (Lipinski definition) is 4. The number of nitrogens with one attached hydrogen (secondary N) is 1. The molecule has 136 valence electrons. The van der Waals surface area contributed by atoms with Gasteiger partial charge in [0.05, 0.1) is 24.7 Å². The molecule has 7 heteroatoms. The third-order valence-electron chi connectivity index (χ3n) is 4.42. The second kappa shape index (κ2) is 8.03. The number of rotatable bonds is 5. The summed E-state index contributed by atoms with van der Waals surface area (Å²) in [4.78, 5) is 34.3. The molecule has 0 saturated carbocycles. The summed E-state index contributed by atoms with van der Waals surface area (Å²) in [6.45, 7) is 2.38. The van der Waals surface area contributed by atoms with E-state index in [-0.39, 0.29) is 30.1 Å². The first-order valence-corrected chi connectivity index (χ1v) is 8.63. The third kappa shape index (κ3) is 4.22. The summed E-state index contributed by atoms with van der Waals surface area (Å²) in [6, 6.07) is 7.84. The number of carbonyl (C=O) groups excluding carboxylic acids is 2. The highest BCUT2D eigenvalue weighted by Crippen LogP contribution is 2.30. The molecule has 1 N–H and O–H groups in total. The molecule has 1 fully saturated rings. The lowest BCUT2D eigenvalue weighted by Gasteiger charge is -2.24. The molecule has 0 spiro atoms. The van der Waals surface area contributed by atoms with Crippen molar-refractivity contribution in [3.63, 3.8) is 0 Å². The number of nitrogens with zero attached hydrogens (tertiary/aromatic N) is 3. The Balaban J connectivity index is 1.73. The molecule has 0 bridgehead atoms. The van der Waals surface area contributed by atoms with Gasteiger partial charge in [0, 0.05) is 19.7 Å². The molecule has 0 radical (unpaired) electrons. The molecule has 0 unspecified atom stereocenters. The Bertz CT molecular complexity index is 812. The van der Waals surface area contributed by atoms with Crippen molar-refractivity contribution in [1.82, 2.24) is 20.2 Å². The van der Waals surface area contributed by atoms with Gasteiger partial charge in [-0.05, 0) is 30.5 Å². The van der Waals surface area contributed by atoms with E-state index in [1.54, 1.807) is 35.4 Å². The van der Waals surface area contributed by atoms with Gasteiger partial charge in [-0.2, -0.15) is 0 Å². The van der Waals surface area contributed by atoms with Crippen LogP contribution in [0.3, 0.4) is 0 Å². The van der Waals surface area contributed by atoms with Crippen molar-refractivity contribution in [3.8, 4) is 0 Å². The second-order valence-corrected chi connectivity index (χ2v) is 6.33. The van der Waals surface area contributed by atoms with Crippen LogP contribution in [0.2, 0.25) is 0 Å². The smallest absolute Gasteiger partial charge is 0.227 e. The molecule has 1 aromatic heterocycles. The summed E-state index contributed by atoms with van der Waals surface area (Å²) in [7, 11) is 0. The summed E-state index contributed by atoms with van der Waals surface area (Å²) in [5.74, 6) is -0.0708. The van der Waals surface area contributed by atoms with Gasteiger partial charge in [-0.25, -0.2) is 14.4 Å². The highest BCUT2D eigenvalue weighted by molar-refractivity contribution is 5.79. The zero-order chi connectivity index (χ0) is 18.5. The Morgan fingerprint density at radius 3 is 2.88 bits per heavy atom. The van der Waals surface area contributed by atoms with E-state index in [2.05, 4.69) is 15.3 Å². The Morgan fingerprint density at radius 2 is 2.12 bits per heavy atom. The predicted molar refractivity (Wildman–Crippen MR) is 93.3 cm³/mol. The van der Waals surface area contributed by atoms with Crippen LogP contribution in [0.5, 0.6) is 0 Å². The van der Waals surface area contributed by atoms with Crippen molar-refractivity contribution in [2.24, 2.45) is 0 Å². The highest BCUT2D eigenvalue weighted by atomic mass is 19.1. The molecule has 3 rings (SSSR count). The van der Waals surface area contributed by atoms with E-state index in [1.807, 2.05) is 0 Å². The number of likely N-dealkylation sites (tertiary alicyclic amines) is 1. The van der Waals surface area contributed by atoms with Crippen LogP contribution in [0.25, 0.3) is 0 Å². The minimum atomic E-state index is -0.370. The molecule has 0 aliphatic carbocycles. The van der Waals surface area contributed by atoms with E-state index in [9.17, 15) is 14.0 Å². The predicted octanol–water partition coefficient (Wildman–Crippen LogP) is 2.16. The summed E-state index contributed by atoms with van der Waals surface area (Å²) in [6.07, 6.45) is 3.28. The first-order chi connectivity index (χ1) is 12.5. The molecule has 2 amide bonds. The Hall–Kier alpha value is -2.83. The van der Waals surface area contributed by atoms with Crippen molar-refractivity contribution in [1.29, 1.82) is 0 Å². The standard InChI is InChI=1S/C19H21FN4O2/c1-13(25)22-12-15-8-9-21-19(23-15)17-7-4-10-24(17)18(26)11-14-5-2-3-6-16(14)20/h2-3,5-6,8-9,17H,4,7,10-12H2,1H3,(H,22,25)/t17-/m0/s1. The molecule has 1 saturated heterocycles. The summed E-state index contributed by atoms with van der Waals surface area (Å²) in [5.41, 5.74) is 1.09. The zero-order valence-electron chi connectivity index (χ0n) is 14.6. The lowest BCUT2D eigenvalue weighted by molar-refractivity contribution is -0.131. The van der Waals surface area contributed by atoms with Crippen LogP contribution in [-0.2, 0) is 22.6 Å². The lowest BCUT2D eigenvalue weighted by Crippen LogP contribution is -2.33. The van der Waals surface area contributed by atoms with Gasteiger partial charge in [0.1, 0.15) is 5.82 Å². The van der Waals surface area contributed by atoms with Crippen molar-refractivity contribution in [3.05, 3.63) is 59.4 Å². The quantitative estimate of drug-likeness (QED) is 0.891. The zero-order valence-corrected chi connectivity index (χ0v) is 14.6. The fraction of sp³-hybridized carbons (Fsp3) is 0.368. The molecule has 1 aromatic carbocycles. The third-order valence-corrected chi connectivity index (χ3v) is 4.42. The van der Waals surface area contributed by atoms with Crippen LogP contribution in [0.15, 0.2) is 36.5 Å². The van der Waals surface area contributed by atoms with E-state index in [1.165, 1.54) is 13.0 Å². The summed E-state index contributed by atoms with van der Waals surface area (Å²) < 4.78 is 13.8. The van der Waals surface area contributed by atoms with Gasteiger partial charge in [0.15, 0.2) is 5.82 Å². The number of benzene rings is 1. The number of carbonyl (C=O) groups is 2. The largest absolute Gasteiger partial charge is 0.351 e. The fourth-order valence-electron chi connectivity index (χ4n) is 3.13.